The van der Waals surface area contributed by atoms with Crippen LogP contribution in [0.5, 0.6) is 0 Å². The number of aliphatic hydroxyl groups excluding tert-OH is 1. The van der Waals surface area contributed by atoms with Crippen molar-refractivity contribution in [3.05, 3.63) is 40.6 Å². The number of carbonyl (C=O) groups is 2. The molecule has 1 aromatic rings. The number of nitrogens with zero attached hydrogens (tertiary/aromatic N) is 4. The Labute approximate surface area is 131 Å². The molecular weight excluding hydrogens is 304 g/mol. The van der Waals surface area contributed by atoms with Gasteiger partial charge in [-0.25, -0.2) is 4.90 Å². The van der Waals surface area contributed by atoms with E-state index in [1.165, 1.54) is 11.9 Å². The Bertz CT molecular complexity index is 640. The van der Waals surface area contributed by atoms with E-state index in [4.69, 9.17) is 9.94 Å². The van der Waals surface area contributed by atoms with Crippen molar-refractivity contribution in [3.8, 4) is 0 Å². The number of fused-ring (bicyclic) bond motifs is 1. The molecule has 0 spiro atoms. The van der Waals surface area contributed by atoms with E-state index in [0.717, 1.165) is 4.90 Å². The van der Waals surface area contributed by atoms with E-state index in [1.54, 1.807) is 24.3 Å². The standard InChI is InChI=1S/C14H16N4O5/c1-9(23-15-18(22)16-7-6-10(16)8-19)17-13(20)11-4-2-3-5-12(11)14(17)21/h2-5,9-10,19H,6-8H2,1H3/b18-15-/t9?,10-/m0/s1. The fourth-order valence-corrected chi connectivity index (χ4v) is 2.58. The molecule has 1 N–H and O–H groups in total. The first-order chi connectivity index (χ1) is 11.0. The molecule has 2 aliphatic heterocycles. The van der Waals surface area contributed by atoms with Gasteiger partial charge < -0.3 is 15.2 Å². The number of imide groups is 1. The third-order valence-corrected chi connectivity index (χ3v) is 4.00. The van der Waals surface area contributed by atoms with Crippen LogP contribution in [-0.2, 0) is 4.84 Å². The SMILES string of the molecule is CC(O/N=[N+](\[O-])N1CC[C@H]1CO)N1C(=O)c2ccccc2C1=O. The Balaban J connectivity index is 1.69. The van der Waals surface area contributed by atoms with Gasteiger partial charge in [-0.2, -0.15) is 0 Å². The molecule has 9 heteroatoms. The van der Waals surface area contributed by atoms with Gasteiger partial charge in [0, 0.05) is 0 Å². The Kier molecular flexibility index (Phi) is 3.87. The maximum atomic E-state index is 12.2. The Morgan fingerprint density at radius 2 is 2.00 bits per heavy atom. The zero-order valence-corrected chi connectivity index (χ0v) is 12.5. The van der Waals surface area contributed by atoms with Gasteiger partial charge in [0.05, 0.1) is 29.2 Å². The van der Waals surface area contributed by atoms with Gasteiger partial charge in [-0.3, -0.25) is 9.59 Å². The van der Waals surface area contributed by atoms with Crippen LogP contribution in [0.25, 0.3) is 0 Å². The highest BCUT2D eigenvalue weighted by Crippen LogP contribution is 2.25. The Morgan fingerprint density at radius 1 is 1.39 bits per heavy atom. The first-order valence-corrected chi connectivity index (χ1v) is 7.23. The lowest BCUT2D eigenvalue weighted by Crippen LogP contribution is -2.53. The lowest BCUT2D eigenvalue weighted by Gasteiger charge is -2.34. The smallest absolute Gasteiger partial charge is 0.264 e. The zero-order valence-electron chi connectivity index (χ0n) is 12.5. The molecule has 1 aromatic carbocycles. The van der Waals surface area contributed by atoms with Gasteiger partial charge in [0.25, 0.3) is 11.8 Å². The molecule has 2 atom stereocenters. The number of amides is 2. The third kappa shape index (κ3) is 2.48. The van der Waals surface area contributed by atoms with Crippen molar-refractivity contribution in [1.82, 2.24) is 9.91 Å². The summed E-state index contributed by atoms with van der Waals surface area (Å²) in [6.45, 7) is 1.77. The van der Waals surface area contributed by atoms with Gasteiger partial charge in [-0.05, 0) is 25.5 Å². The summed E-state index contributed by atoms with van der Waals surface area (Å²) < 4.78 is 0. The lowest BCUT2D eigenvalue weighted by molar-refractivity contribution is -0.733. The summed E-state index contributed by atoms with van der Waals surface area (Å²) >= 11 is 0. The van der Waals surface area contributed by atoms with Crippen LogP contribution in [0.2, 0.25) is 0 Å². The van der Waals surface area contributed by atoms with E-state index < -0.39 is 18.0 Å². The highest BCUT2D eigenvalue weighted by atomic mass is 16.7. The number of carbonyl (C=O) groups excluding carboxylic acids is 2. The summed E-state index contributed by atoms with van der Waals surface area (Å²) in [4.78, 5) is 30.6. The summed E-state index contributed by atoms with van der Waals surface area (Å²) in [6.07, 6.45) is -0.327. The summed E-state index contributed by atoms with van der Waals surface area (Å²) in [7, 11) is 0. The van der Waals surface area contributed by atoms with Crippen molar-refractivity contribution in [2.45, 2.75) is 25.6 Å². The van der Waals surface area contributed by atoms with E-state index in [0.29, 0.717) is 24.1 Å². The molecule has 1 unspecified atom stereocenters. The molecule has 0 saturated carbocycles. The summed E-state index contributed by atoms with van der Waals surface area (Å²) in [6, 6.07) is 6.18. The van der Waals surface area contributed by atoms with Crippen LogP contribution in [0.15, 0.2) is 29.5 Å². The number of rotatable bonds is 5. The normalized spacial score (nSPS) is 22.0. The van der Waals surface area contributed by atoms with Crippen LogP contribution in [0.4, 0.5) is 0 Å². The summed E-state index contributed by atoms with van der Waals surface area (Å²) in [5.41, 5.74) is 0.602. The zero-order chi connectivity index (χ0) is 16.6. The molecule has 1 fully saturated rings. The van der Waals surface area contributed by atoms with Gasteiger partial charge in [0.1, 0.15) is 6.04 Å². The van der Waals surface area contributed by atoms with Gasteiger partial charge in [-0.1, -0.05) is 12.1 Å². The van der Waals surface area contributed by atoms with Crippen LogP contribution in [0.3, 0.4) is 0 Å². The Hall–Kier alpha value is -2.68. The highest BCUT2D eigenvalue weighted by molar-refractivity contribution is 6.21. The average molecular weight is 320 g/mol. The molecule has 9 nitrogen and oxygen atoms in total. The molecule has 2 heterocycles. The minimum atomic E-state index is -1.02. The monoisotopic (exact) mass is 320 g/mol. The topological polar surface area (TPSA) is 109 Å². The largest absolute Gasteiger partial charge is 0.569 e. The van der Waals surface area contributed by atoms with E-state index >= 15 is 0 Å². The fourth-order valence-electron chi connectivity index (χ4n) is 2.58. The van der Waals surface area contributed by atoms with Gasteiger partial charge >= 0.3 is 0 Å². The van der Waals surface area contributed by atoms with Crippen molar-refractivity contribution < 1.29 is 24.5 Å². The van der Waals surface area contributed by atoms with Crippen molar-refractivity contribution in [1.29, 1.82) is 0 Å². The molecule has 3 rings (SSSR count). The molecule has 0 aliphatic carbocycles. The van der Waals surface area contributed by atoms with Crippen molar-refractivity contribution >= 4 is 11.8 Å². The Morgan fingerprint density at radius 3 is 2.48 bits per heavy atom. The first-order valence-electron chi connectivity index (χ1n) is 7.23. The van der Waals surface area contributed by atoms with E-state index in [1.807, 2.05) is 0 Å². The van der Waals surface area contributed by atoms with Gasteiger partial charge in [0.2, 0.25) is 11.5 Å². The maximum Gasteiger partial charge on any atom is 0.264 e. The minimum absolute atomic E-state index is 0.151. The van der Waals surface area contributed by atoms with E-state index in [9.17, 15) is 14.8 Å². The third-order valence-electron chi connectivity index (χ3n) is 4.00. The van der Waals surface area contributed by atoms with Crippen LogP contribution in [0.1, 0.15) is 34.1 Å². The van der Waals surface area contributed by atoms with E-state index in [-0.39, 0.29) is 17.6 Å². The second-order valence-corrected chi connectivity index (χ2v) is 5.35. The van der Waals surface area contributed by atoms with Crippen LogP contribution in [0, 0.1) is 5.21 Å². The predicted molar refractivity (Wildman–Crippen MR) is 75.7 cm³/mol. The molecule has 0 radical (unpaired) electrons. The second-order valence-electron chi connectivity index (χ2n) is 5.35. The average Bonchev–Trinajstić information content (AvgIpc) is 2.76. The van der Waals surface area contributed by atoms with Crippen molar-refractivity contribution in [2.24, 2.45) is 5.28 Å². The molecule has 1 saturated heterocycles. The predicted octanol–water partition coefficient (Wildman–Crippen LogP) is 0.504. The number of aliphatic hydroxyl groups is 1. The van der Waals surface area contributed by atoms with Crippen LogP contribution >= 0.6 is 0 Å². The highest BCUT2D eigenvalue weighted by Gasteiger charge is 2.40. The summed E-state index contributed by atoms with van der Waals surface area (Å²) in [5, 5.41) is 25.4. The summed E-state index contributed by atoms with van der Waals surface area (Å²) in [5.74, 6) is -0.967. The van der Waals surface area contributed by atoms with Crippen LogP contribution < -0.4 is 0 Å². The van der Waals surface area contributed by atoms with Gasteiger partial charge in [0.15, 0.2) is 0 Å². The molecule has 2 aliphatic rings. The van der Waals surface area contributed by atoms with E-state index in [2.05, 4.69) is 5.28 Å². The minimum Gasteiger partial charge on any atom is -0.569 e. The van der Waals surface area contributed by atoms with Gasteiger partial charge in [-0.15, -0.1) is 5.01 Å². The van der Waals surface area contributed by atoms with Crippen molar-refractivity contribution in [3.63, 3.8) is 0 Å². The lowest BCUT2D eigenvalue weighted by atomic mass is 10.1. The molecule has 23 heavy (non-hydrogen) atoms. The van der Waals surface area contributed by atoms with Crippen molar-refractivity contribution in [2.75, 3.05) is 13.2 Å². The molecular formula is C14H16N4O5. The second kappa shape index (κ2) is 5.84. The molecule has 0 bridgehead atoms. The molecule has 2 amide bonds. The van der Waals surface area contributed by atoms with Crippen LogP contribution in [-0.4, -0.2) is 57.2 Å². The fraction of sp³-hybridized carbons (Fsp3) is 0.429. The quantitative estimate of drug-likeness (QED) is 0.366. The number of benzene rings is 1. The molecule has 0 aromatic heterocycles. The number of hydrazine groups is 1. The molecule has 122 valence electrons. The first kappa shape index (κ1) is 15.2. The number of hydrogen-bond acceptors (Lipinski definition) is 6. The maximum absolute atomic E-state index is 12.2. The number of hydrogen-bond donors (Lipinski definition) is 1.